The summed E-state index contributed by atoms with van der Waals surface area (Å²) >= 11 is 1.58. The highest BCUT2D eigenvalue weighted by molar-refractivity contribution is 7.08. The van der Waals surface area contributed by atoms with Crippen molar-refractivity contribution in [2.45, 2.75) is 19.4 Å². The molecular formula is C13H14F2N2S. The van der Waals surface area contributed by atoms with Gasteiger partial charge < -0.3 is 0 Å². The lowest BCUT2D eigenvalue weighted by Crippen LogP contribution is -2.29. The van der Waals surface area contributed by atoms with E-state index in [1.54, 1.807) is 11.3 Å². The third-order valence-electron chi connectivity index (χ3n) is 2.83. The normalized spacial score (nSPS) is 12.7. The quantitative estimate of drug-likeness (QED) is 0.660. The maximum Gasteiger partial charge on any atom is 0.126 e. The second-order valence-corrected chi connectivity index (χ2v) is 4.95. The average Bonchev–Trinajstić information content (AvgIpc) is 2.71. The Hall–Kier alpha value is -1.30. The first-order valence-corrected chi connectivity index (χ1v) is 6.48. The zero-order valence-corrected chi connectivity index (χ0v) is 10.7. The standard InChI is InChI=1S/C13H14F2N2S/c1-8-6-18-7-12(8)13(17-16)4-9-2-10(14)5-11(15)3-9/h2-3,5-7,13,17H,4,16H2,1H3. The van der Waals surface area contributed by atoms with Gasteiger partial charge in [0.2, 0.25) is 0 Å². The van der Waals surface area contributed by atoms with Crippen molar-refractivity contribution >= 4 is 11.3 Å². The van der Waals surface area contributed by atoms with E-state index >= 15 is 0 Å². The molecule has 18 heavy (non-hydrogen) atoms. The van der Waals surface area contributed by atoms with Gasteiger partial charge >= 0.3 is 0 Å². The first kappa shape index (κ1) is 13.1. The number of hydrogen-bond donors (Lipinski definition) is 2. The predicted octanol–water partition coefficient (Wildman–Crippen LogP) is 3.08. The van der Waals surface area contributed by atoms with E-state index in [0.29, 0.717) is 12.0 Å². The lowest BCUT2D eigenvalue weighted by Gasteiger charge is -2.16. The van der Waals surface area contributed by atoms with Crippen LogP contribution in [0.4, 0.5) is 8.78 Å². The molecule has 0 aliphatic heterocycles. The van der Waals surface area contributed by atoms with Crippen LogP contribution in [-0.4, -0.2) is 0 Å². The molecule has 1 unspecified atom stereocenters. The zero-order valence-electron chi connectivity index (χ0n) is 9.91. The Morgan fingerprint density at radius 2 is 1.89 bits per heavy atom. The number of hydrazine groups is 1. The van der Waals surface area contributed by atoms with Crippen LogP contribution in [0.25, 0.3) is 0 Å². The Labute approximate surface area is 108 Å². The molecule has 5 heteroatoms. The Bertz CT molecular complexity index is 519. The zero-order chi connectivity index (χ0) is 13.1. The minimum atomic E-state index is -0.567. The molecule has 0 fully saturated rings. The van der Waals surface area contributed by atoms with Crippen LogP contribution in [0.1, 0.15) is 22.7 Å². The van der Waals surface area contributed by atoms with Crippen LogP contribution < -0.4 is 11.3 Å². The summed E-state index contributed by atoms with van der Waals surface area (Å²) in [6, 6.07) is 3.38. The van der Waals surface area contributed by atoms with E-state index in [4.69, 9.17) is 5.84 Å². The largest absolute Gasteiger partial charge is 0.271 e. The van der Waals surface area contributed by atoms with Gasteiger partial charge in [0, 0.05) is 6.07 Å². The number of aryl methyl sites for hydroxylation is 1. The van der Waals surface area contributed by atoms with Crippen LogP contribution >= 0.6 is 11.3 Å². The minimum Gasteiger partial charge on any atom is -0.271 e. The molecule has 0 bridgehead atoms. The SMILES string of the molecule is Cc1cscc1C(Cc1cc(F)cc(F)c1)NN. The van der Waals surface area contributed by atoms with Crippen molar-refractivity contribution in [2.75, 3.05) is 0 Å². The molecule has 2 nitrogen and oxygen atoms in total. The number of hydrogen-bond acceptors (Lipinski definition) is 3. The predicted molar refractivity (Wildman–Crippen MR) is 69.2 cm³/mol. The highest BCUT2D eigenvalue weighted by Crippen LogP contribution is 2.24. The van der Waals surface area contributed by atoms with Crippen molar-refractivity contribution in [1.29, 1.82) is 0 Å². The van der Waals surface area contributed by atoms with E-state index in [9.17, 15) is 8.78 Å². The molecule has 0 amide bonds. The molecule has 3 N–H and O–H groups in total. The third-order valence-corrected chi connectivity index (χ3v) is 3.71. The molecule has 0 aliphatic rings. The Morgan fingerprint density at radius 3 is 2.39 bits per heavy atom. The van der Waals surface area contributed by atoms with E-state index in [-0.39, 0.29) is 6.04 Å². The molecule has 1 heterocycles. The summed E-state index contributed by atoms with van der Waals surface area (Å²) in [5.41, 5.74) is 5.47. The van der Waals surface area contributed by atoms with Crippen LogP contribution in [0.15, 0.2) is 29.0 Å². The molecule has 1 atom stereocenters. The summed E-state index contributed by atoms with van der Waals surface area (Å²) < 4.78 is 26.2. The van der Waals surface area contributed by atoms with E-state index in [1.165, 1.54) is 12.1 Å². The Balaban J connectivity index is 2.23. The lowest BCUT2D eigenvalue weighted by atomic mass is 9.99. The fourth-order valence-electron chi connectivity index (χ4n) is 1.95. The summed E-state index contributed by atoms with van der Waals surface area (Å²) in [4.78, 5) is 0. The van der Waals surface area contributed by atoms with E-state index in [1.807, 2.05) is 17.7 Å². The van der Waals surface area contributed by atoms with Crippen LogP contribution in [0.5, 0.6) is 0 Å². The molecule has 0 aliphatic carbocycles. The van der Waals surface area contributed by atoms with Gasteiger partial charge in [-0.05, 0) is 52.9 Å². The highest BCUT2D eigenvalue weighted by Gasteiger charge is 2.14. The molecule has 96 valence electrons. The number of nitrogens with one attached hydrogen (secondary N) is 1. The second kappa shape index (κ2) is 5.56. The molecule has 2 rings (SSSR count). The number of nitrogens with two attached hydrogens (primary N) is 1. The molecule has 0 saturated carbocycles. The van der Waals surface area contributed by atoms with Crippen molar-refractivity contribution in [1.82, 2.24) is 5.43 Å². The molecule has 1 aromatic heterocycles. The molecular weight excluding hydrogens is 254 g/mol. The molecule has 0 spiro atoms. The maximum absolute atomic E-state index is 13.1. The van der Waals surface area contributed by atoms with E-state index in [0.717, 1.165) is 17.2 Å². The Morgan fingerprint density at radius 1 is 1.22 bits per heavy atom. The summed E-state index contributed by atoms with van der Waals surface area (Å²) in [5.74, 6) is 4.39. The van der Waals surface area contributed by atoms with Gasteiger partial charge in [0.05, 0.1) is 6.04 Å². The fraction of sp³-hybridized carbons (Fsp3) is 0.231. The van der Waals surface area contributed by atoms with Crippen molar-refractivity contribution in [3.8, 4) is 0 Å². The third kappa shape index (κ3) is 2.93. The molecule has 0 saturated heterocycles. The smallest absolute Gasteiger partial charge is 0.126 e. The van der Waals surface area contributed by atoms with Gasteiger partial charge in [0.15, 0.2) is 0 Å². The highest BCUT2D eigenvalue weighted by atomic mass is 32.1. The number of thiophene rings is 1. The van der Waals surface area contributed by atoms with E-state index < -0.39 is 11.6 Å². The van der Waals surface area contributed by atoms with Gasteiger partial charge in [0.25, 0.3) is 0 Å². The van der Waals surface area contributed by atoms with Gasteiger partial charge in [0.1, 0.15) is 11.6 Å². The first-order valence-electron chi connectivity index (χ1n) is 5.54. The van der Waals surface area contributed by atoms with Crippen LogP contribution in [0.2, 0.25) is 0 Å². The number of rotatable bonds is 4. The van der Waals surface area contributed by atoms with Gasteiger partial charge in [-0.2, -0.15) is 11.3 Å². The summed E-state index contributed by atoms with van der Waals surface area (Å²) in [7, 11) is 0. The maximum atomic E-state index is 13.1. The Kier molecular flexibility index (Phi) is 4.06. The van der Waals surface area contributed by atoms with Gasteiger partial charge in [-0.15, -0.1) is 0 Å². The van der Waals surface area contributed by atoms with Crippen LogP contribution in [-0.2, 0) is 6.42 Å². The number of halogens is 2. The van der Waals surface area contributed by atoms with Crippen molar-refractivity contribution < 1.29 is 8.78 Å². The van der Waals surface area contributed by atoms with E-state index in [2.05, 4.69) is 5.43 Å². The average molecular weight is 268 g/mol. The molecule has 2 aromatic rings. The van der Waals surface area contributed by atoms with Gasteiger partial charge in [-0.1, -0.05) is 0 Å². The van der Waals surface area contributed by atoms with Crippen molar-refractivity contribution in [3.63, 3.8) is 0 Å². The van der Waals surface area contributed by atoms with Gasteiger partial charge in [-0.25, -0.2) is 8.78 Å². The fourth-order valence-corrected chi connectivity index (χ4v) is 2.86. The van der Waals surface area contributed by atoms with Gasteiger partial charge in [-0.3, -0.25) is 11.3 Å². The summed E-state index contributed by atoms with van der Waals surface area (Å²) in [5, 5.41) is 4.02. The minimum absolute atomic E-state index is 0.141. The molecule has 1 aromatic carbocycles. The topological polar surface area (TPSA) is 38.0 Å². The lowest BCUT2D eigenvalue weighted by molar-refractivity contribution is 0.539. The summed E-state index contributed by atoms with van der Waals surface area (Å²) in [6.07, 6.45) is 0.447. The van der Waals surface area contributed by atoms with Crippen LogP contribution in [0, 0.1) is 18.6 Å². The number of benzene rings is 1. The van der Waals surface area contributed by atoms with Crippen molar-refractivity contribution in [3.05, 3.63) is 57.3 Å². The molecule has 0 radical (unpaired) electrons. The summed E-state index contributed by atoms with van der Waals surface area (Å²) in [6.45, 7) is 1.99. The second-order valence-electron chi connectivity index (χ2n) is 4.21. The van der Waals surface area contributed by atoms with Crippen LogP contribution in [0.3, 0.4) is 0 Å². The monoisotopic (exact) mass is 268 g/mol. The van der Waals surface area contributed by atoms with Crippen molar-refractivity contribution in [2.24, 2.45) is 5.84 Å². The first-order chi connectivity index (χ1) is 8.60.